The highest BCUT2D eigenvalue weighted by atomic mass is 16.5. The second kappa shape index (κ2) is 8.54. The standard InChI is InChI=1S/C17H23NO4/c1-13(19)14-5-7-16(8-6-14)22-12-17(20)18-10-9-15-4-2-3-11-21-15/h5-8,15H,2-4,9-12H2,1H3,(H,18,20). The molecule has 1 aromatic carbocycles. The monoisotopic (exact) mass is 305 g/mol. The predicted octanol–water partition coefficient (Wildman–Crippen LogP) is 2.34. The minimum absolute atomic E-state index is 0.00854. The van der Waals surface area contributed by atoms with Gasteiger partial charge in [0.25, 0.3) is 5.91 Å². The van der Waals surface area contributed by atoms with Gasteiger partial charge >= 0.3 is 0 Å². The summed E-state index contributed by atoms with van der Waals surface area (Å²) in [6.45, 7) is 2.93. The van der Waals surface area contributed by atoms with Crippen molar-refractivity contribution in [2.45, 2.75) is 38.7 Å². The normalized spacial score (nSPS) is 17.8. The van der Waals surface area contributed by atoms with E-state index in [9.17, 15) is 9.59 Å². The summed E-state index contributed by atoms with van der Waals surface area (Å²) in [5.41, 5.74) is 0.629. The van der Waals surface area contributed by atoms with Gasteiger partial charge in [-0.1, -0.05) is 0 Å². The highest BCUT2D eigenvalue weighted by molar-refractivity contribution is 5.94. The lowest BCUT2D eigenvalue weighted by Crippen LogP contribution is -2.32. The third-order valence-electron chi connectivity index (χ3n) is 3.69. The second-order valence-corrected chi connectivity index (χ2v) is 5.50. The molecule has 1 aliphatic rings. The Balaban J connectivity index is 1.63. The zero-order valence-corrected chi connectivity index (χ0v) is 13.0. The molecule has 1 fully saturated rings. The summed E-state index contributed by atoms with van der Waals surface area (Å²) in [6.07, 6.45) is 4.54. The predicted molar refractivity (Wildman–Crippen MR) is 83.2 cm³/mol. The molecule has 0 spiro atoms. The summed E-state index contributed by atoms with van der Waals surface area (Å²) >= 11 is 0. The zero-order valence-electron chi connectivity index (χ0n) is 13.0. The Bertz CT molecular complexity index is 492. The van der Waals surface area contributed by atoms with Crippen LogP contribution in [0.5, 0.6) is 5.75 Å². The van der Waals surface area contributed by atoms with Gasteiger partial charge in [-0.15, -0.1) is 0 Å². The fraction of sp³-hybridized carbons (Fsp3) is 0.529. The van der Waals surface area contributed by atoms with Crippen LogP contribution in [-0.2, 0) is 9.53 Å². The van der Waals surface area contributed by atoms with Crippen LogP contribution in [0.4, 0.5) is 0 Å². The summed E-state index contributed by atoms with van der Waals surface area (Å²) in [6, 6.07) is 6.77. The van der Waals surface area contributed by atoms with Crippen LogP contribution >= 0.6 is 0 Å². The Hall–Kier alpha value is -1.88. The van der Waals surface area contributed by atoms with Crippen LogP contribution in [0.15, 0.2) is 24.3 Å². The van der Waals surface area contributed by atoms with Gasteiger partial charge in [0.05, 0.1) is 6.10 Å². The van der Waals surface area contributed by atoms with Gasteiger partial charge in [0.1, 0.15) is 5.75 Å². The molecule has 5 heteroatoms. The van der Waals surface area contributed by atoms with Crippen molar-refractivity contribution >= 4 is 11.7 Å². The fourth-order valence-corrected chi connectivity index (χ4v) is 2.39. The lowest BCUT2D eigenvalue weighted by molar-refractivity contribution is -0.123. The largest absolute Gasteiger partial charge is 0.484 e. The summed E-state index contributed by atoms with van der Waals surface area (Å²) < 4.78 is 11.0. The number of carbonyl (C=O) groups is 2. The first kappa shape index (κ1) is 16.5. The van der Waals surface area contributed by atoms with Crippen molar-refractivity contribution in [1.82, 2.24) is 5.32 Å². The van der Waals surface area contributed by atoms with Gasteiger partial charge in [-0.25, -0.2) is 0 Å². The molecule has 2 rings (SSSR count). The van der Waals surface area contributed by atoms with Gasteiger partial charge in [-0.2, -0.15) is 0 Å². The van der Waals surface area contributed by atoms with Crippen molar-refractivity contribution < 1.29 is 19.1 Å². The van der Waals surface area contributed by atoms with E-state index in [1.54, 1.807) is 24.3 Å². The van der Waals surface area contributed by atoms with Gasteiger partial charge < -0.3 is 14.8 Å². The molecule has 120 valence electrons. The van der Waals surface area contributed by atoms with Crippen molar-refractivity contribution in [2.75, 3.05) is 19.8 Å². The van der Waals surface area contributed by atoms with Crippen molar-refractivity contribution in [3.63, 3.8) is 0 Å². The van der Waals surface area contributed by atoms with Crippen LogP contribution < -0.4 is 10.1 Å². The van der Waals surface area contributed by atoms with E-state index in [1.807, 2.05) is 0 Å². The molecule has 22 heavy (non-hydrogen) atoms. The molecule has 1 saturated heterocycles. The Morgan fingerprint density at radius 3 is 2.68 bits per heavy atom. The molecule has 0 bridgehead atoms. The smallest absolute Gasteiger partial charge is 0.257 e. The molecule has 1 N–H and O–H groups in total. The van der Waals surface area contributed by atoms with Gasteiger partial charge in [-0.05, 0) is 56.9 Å². The van der Waals surface area contributed by atoms with E-state index < -0.39 is 0 Å². The maximum Gasteiger partial charge on any atom is 0.257 e. The number of rotatable bonds is 7. The summed E-state index contributed by atoms with van der Waals surface area (Å²) in [4.78, 5) is 22.9. The van der Waals surface area contributed by atoms with E-state index in [2.05, 4.69) is 5.32 Å². The molecular weight excluding hydrogens is 282 g/mol. The molecule has 1 unspecified atom stereocenters. The molecule has 1 aliphatic heterocycles. The van der Waals surface area contributed by atoms with E-state index in [1.165, 1.54) is 13.3 Å². The minimum atomic E-state index is -0.147. The molecule has 5 nitrogen and oxygen atoms in total. The average molecular weight is 305 g/mol. The molecule has 1 heterocycles. The number of hydrogen-bond donors (Lipinski definition) is 1. The highest BCUT2D eigenvalue weighted by Gasteiger charge is 2.13. The minimum Gasteiger partial charge on any atom is -0.484 e. The third kappa shape index (κ3) is 5.48. The van der Waals surface area contributed by atoms with E-state index in [0.717, 1.165) is 25.9 Å². The third-order valence-corrected chi connectivity index (χ3v) is 3.69. The summed E-state index contributed by atoms with van der Waals surface area (Å²) in [7, 11) is 0. The van der Waals surface area contributed by atoms with Gasteiger partial charge in [0.2, 0.25) is 0 Å². The van der Waals surface area contributed by atoms with Crippen molar-refractivity contribution in [3.8, 4) is 5.75 Å². The molecule has 1 amide bonds. The number of amides is 1. The first-order chi connectivity index (χ1) is 10.6. The lowest BCUT2D eigenvalue weighted by Gasteiger charge is -2.22. The molecule has 1 atom stereocenters. The number of Topliss-reactive ketones (excluding diaryl/α,β-unsaturated/α-hetero) is 1. The Kier molecular flexibility index (Phi) is 6.40. The number of carbonyl (C=O) groups excluding carboxylic acids is 2. The lowest BCUT2D eigenvalue weighted by atomic mass is 10.1. The molecule has 0 aliphatic carbocycles. The maximum atomic E-state index is 11.7. The van der Waals surface area contributed by atoms with Gasteiger partial charge in [0, 0.05) is 18.7 Å². The molecule has 1 aromatic rings. The van der Waals surface area contributed by atoms with E-state index in [4.69, 9.17) is 9.47 Å². The van der Waals surface area contributed by atoms with Crippen LogP contribution in [0.1, 0.15) is 43.0 Å². The fourth-order valence-electron chi connectivity index (χ4n) is 2.39. The first-order valence-electron chi connectivity index (χ1n) is 7.77. The first-order valence-corrected chi connectivity index (χ1v) is 7.77. The van der Waals surface area contributed by atoms with E-state index >= 15 is 0 Å². The van der Waals surface area contributed by atoms with Crippen molar-refractivity contribution in [2.24, 2.45) is 0 Å². The topological polar surface area (TPSA) is 64.6 Å². The summed E-state index contributed by atoms with van der Waals surface area (Å²) in [5, 5.41) is 2.83. The maximum absolute atomic E-state index is 11.7. The number of ketones is 1. The van der Waals surface area contributed by atoms with Crippen LogP contribution in [0.25, 0.3) is 0 Å². The van der Waals surface area contributed by atoms with Crippen LogP contribution in [-0.4, -0.2) is 37.6 Å². The Labute approximate surface area is 131 Å². The SMILES string of the molecule is CC(=O)c1ccc(OCC(=O)NCCC2CCCCO2)cc1. The molecule has 0 saturated carbocycles. The quantitative estimate of drug-likeness (QED) is 0.785. The Morgan fingerprint density at radius 1 is 1.27 bits per heavy atom. The zero-order chi connectivity index (χ0) is 15.8. The number of hydrogen-bond acceptors (Lipinski definition) is 4. The van der Waals surface area contributed by atoms with Crippen LogP contribution in [0.2, 0.25) is 0 Å². The number of benzene rings is 1. The van der Waals surface area contributed by atoms with Crippen molar-refractivity contribution in [3.05, 3.63) is 29.8 Å². The van der Waals surface area contributed by atoms with Crippen LogP contribution in [0.3, 0.4) is 0 Å². The van der Waals surface area contributed by atoms with Gasteiger partial charge in [0.15, 0.2) is 12.4 Å². The van der Waals surface area contributed by atoms with Crippen LogP contribution in [0, 0.1) is 0 Å². The second-order valence-electron chi connectivity index (χ2n) is 5.50. The average Bonchev–Trinajstić information content (AvgIpc) is 2.54. The van der Waals surface area contributed by atoms with Crippen molar-refractivity contribution in [1.29, 1.82) is 0 Å². The Morgan fingerprint density at radius 2 is 2.05 bits per heavy atom. The molecule has 0 radical (unpaired) electrons. The molecule has 0 aromatic heterocycles. The van der Waals surface area contributed by atoms with E-state index in [0.29, 0.717) is 17.9 Å². The van der Waals surface area contributed by atoms with Gasteiger partial charge in [-0.3, -0.25) is 9.59 Å². The molecular formula is C17H23NO4. The summed E-state index contributed by atoms with van der Waals surface area (Å²) in [5.74, 6) is 0.441. The van der Waals surface area contributed by atoms with E-state index in [-0.39, 0.29) is 24.4 Å². The number of ether oxygens (including phenoxy) is 2. The number of nitrogens with one attached hydrogen (secondary N) is 1. The highest BCUT2D eigenvalue weighted by Crippen LogP contribution is 2.15.